The van der Waals surface area contributed by atoms with Crippen molar-refractivity contribution in [1.82, 2.24) is 9.55 Å². The van der Waals surface area contributed by atoms with E-state index < -0.39 is 17.7 Å². The van der Waals surface area contributed by atoms with Gasteiger partial charge in [0, 0.05) is 6.20 Å². The Kier molecular flexibility index (Phi) is 3.61. The van der Waals surface area contributed by atoms with Crippen molar-refractivity contribution in [3.63, 3.8) is 0 Å². The number of hydrogen-bond donors (Lipinski definition) is 2. The largest absolute Gasteiger partial charge is 0.481 e. The Morgan fingerprint density at radius 3 is 2.58 bits per heavy atom. The van der Waals surface area contributed by atoms with Crippen LogP contribution in [0.5, 0.6) is 0 Å². The van der Waals surface area contributed by atoms with Crippen LogP contribution < -0.4 is 11.4 Å². The topological polar surface area (TPSA) is 98.2 Å². The van der Waals surface area contributed by atoms with Crippen molar-refractivity contribution in [2.45, 2.75) is 12.5 Å². The Balaban J connectivity index is 2.49. The van der Waals surface area contributed by atoms with Gasteiger partial charge in [0.2, 0.25) is 0 Å². The van der Waals surface area contributed by atoms with Crippen molar-refractivity contribution in [1.29, 1.82) is 0 Å². The Morgan fingerprint density at radius 1 is 1.32 bits per heavy atom. The summed E-state index contributed by atoms with van der Waals surface area (Å²) in [6, 6.07) is 9.83. The fourth-order valence-electron chi connectivity index (χ4n) is 1.88. The van der Waals surface area contributed by atoms with Gasteiger partial charge in [-0.3, -0.25) is 9.36 Å². The van der Waals surface area contributed by atoms with Crippen LogP contribution in [0.3, 0.4) is 0 Å². The van der Waals surface area contributed by atoms with Crippen molar-refractivity contribution >= 4 is 11.8 Å². The predicted molar refractivity (Wildman–Crippen MR) is 69.7 cm³/mol. The molecule has 0 spiro atoms. The summed E-state index contributed by atoms with van der Waals surface area (Å²) in [6.07, 6.45) is 1.26. The Morgan fingerprint density at radius 2 is 2.00 bits per heavy atom. The Labute approximate surface area is 109 Å². The van der Waals surface area contributed by atoms with Gasteiger partial charge in [0.05, 0.1) is 12.5 Å². The number of rotatable bonds is 4. The molecule has 0 amide bonds. The van der Waals surface area contributed by atoms with E-state index >= 15 is 0 Å². The van der Waals surface area contributed by atoms with Crippen LogP contribution in [0.2, 0.25) is 0 Å². The second-order valence-corrected chi connectivity index (χ2v) is 4.07. The van der Waals surface area contributed by atoms with Crippen molar-refractivity contribution in [3.8, 4) is 0 Å². The molecular weight excluding hydrogens is 246 g/mol. The van der Waals surface area contributed by atoms with E-state index in [1.165, 1.54) is 16.8 Å². The fraction of sp³-hybridized carbons (Fsp3) is 0.154. The number of carboxylic acids is 1. The number of hydrogen-bond acceptors (Lipinski definition) is 4. The maximum absolute atomic E-state index is 11.8. The van der Waals surface area contributed by atoms with Crippen LogP contribution in [0.4, 0.5) is 5.82 Å². The zero-order valence-electron chi connectivity index (χ0n) is 10.1. The van der Waals surface area contributed by atoms with Gasteiger partial charge in [0.1, 0.15) is 5.82 Å². The van der Waals surface area contributed by atoms with E-state index in [0.717, 1.165) is 5.56 Å². The summed E-state index contributed by atoms with van der Waals surface area (Å²) in [6.45, 7) is 0. The molecule has 6 nitrogen and oxygen atoms in total. The molecular formula is C13H13N3O3. The monoisotopic (exact) mass is 259 g/mol. The highest BCUT2D eigenvalue weighted by atomic mass is 16.4. The Bertz CT molecular complexity index is 637. The molecule has 3 N–H and O–H groups in total. The van der Waals surface area contributed by atoms with Crippen LogP contribution in [0, 0.1) is 0 Å². The molecule has 0 bridgehead atoms. The third kappa shape index (κ3) is 2.98. The zero-order valence-corrected chi connectivity index (χ0v) is 10.1. The van der Waals surface area contributed by atoms with Gasteiger partial charge in [-0.2, -0.15) is 4.98 Å². The number of carboxylic acid groups (broad SMARTS) is 1. The first-order valence-corrected chi connectivity index (χ1v) is 5.69. The van der Waals surface area contributed by atoms with Crippen LogP contribution in [-0.2, 0) is 4.79 Å². The molecule has 2 rings (SSSR count). The van der Waals surface area contributed by atoms with Crippen LogP contribution in [0.1, 0.15) is 18.0 Å². The molecule has 1 atom stereocenters. The van der Waals surface area contributed by atoms with Crippen LogP contribution in [0.15, 0.2) is 47.4 Å². The molecule has 2 aromatic rings. The average molecular weight is 259 g/mol. The molecule has 1 aromatic heterocycles. The number of nitrogen functional groups attached to an aromatic ring is 1. The molecule has 0 saturated carbocycles. The van der Waals surface area contributed by atoms with Crippen molar-refractivity contribution in [3.05, 3.63) is 58.6 Å². The van der Waals surface area contributed by atoms with E-state index in [-0.39, 0.29) is 12.2 Å². The van der Waals surface area contributed by atoms with E-state index in [1.54, 1.807) is 24.3 Å². The summed E-state index contributed by atoms with van der Waals surface area (Å²) in [4.78, 5) is 26.4. The molecule has 1 heterocycles. The number of aromatic nitrogens is 2. The van der Waals surface area contributed by atoms with Gasteiger partial charge < -0.3 is 10.8 Å². The van der Waals surface area contributed by atoms with Gasteiger partial charge in [-0.15, -0.1) is 0 Å². The third-order valence-corrected chi connectivity index (χ3v) is 2.74. The summed E-state index contributed by atoms with van der Waals surface area (Å²) in [5, 5.41) is 8.99. The molecule has 19 heavy (non-hydrogen) atoms. The summed E-state index contributed by atoms with van der Waals surface area (Å²) in [5.41, 5.74) is 5.60. The maximum Gasteiger partial charge on any atom is 0.350 e. The predicted octanol–water partition coefficient (Wildman–Crippen LogP) is 0.890. The molecule has 0 aliphatic rings. The number of benzene rings is 1. The van der Waals surface area contributed by atoms with Gasteiger partial charge in [-0.1, -0.05) is 30.3 Å². The number of carbonyl (C=O) groups is 1. The van der Waals surface area contributed by atoms with Gasteiger partial charge >= 0.3 is 11.7 Å². The summed E-state index contributed by atoms with van der Waals surface area (Å²) >= 11 is 0. The molecule has 0 aliphatic heterocycles. The first-order valence-electron chi connectivity index (χ1n) is 5.69. The lowest BCUT2D eigenvalue weighted by atomic mass is 10.0. The lowest BCUT2D eigenvalue weighted by Crippen LogP contribution is -2.29. The highest BCUT2D eigenvalue weighted by Crippen LogP contribution is 2.20. The first kappa shape index (κ1) is 12.8. The number of aliphatic carboxylic acids is 1. The average Bonchev–Trinajstić information content (AvgIpc) is 2.37. The van der Waals surface area contributed by atoms with E-state index in [2.05, 4.69) is 4.98 Å². The molecule has 0 radical (unpaired) electrons. The first-order chi connectivity index (χ1) is 9.08. The smallest absolute Gasteiger partial charge is 0.350 e. The van der Waals surface area contributed by atoms with Crippen molar-refractivity contribution in [2.75, 3.05) is 5.73 Å². The standard InChI is InChI=1S/C13H13N3O3/c14-11-6-7-16(13(19)15-11)10(8-12(17)18)9-4-2-1-3-5-9/h1-7,10H,8H2,(H,17,18)(H2,14,15,19). The molecule has 1 unspecified atom stereocenters. The van der Waals surface area contributed by atoms with Crippen LogP contribution in [0.25, 0.3) is 0 Å². The van der Waals surface area contributed by atoms with Gasteiger partial charge in [0.15, 0.2) is 0 Å². The molecule has 0 saturated heterocycles. The summed E-state index contributed by atoms with van der Waals surface area (Å²) in [5.74, 6) is -0.874. The third-order valence-electron chi connectivity index (χ3n) is 2.74. The van der Waals surface area contributed by atoms with E-state index in [9.17, 15) is 9.59 Å². The summed E-state index contributed by atoms with van der Waals surface area (Å²) in [7, 11) is 0. The van der Waals surface area contributed by atoms with Crippen molar-refractivity contribution in [2.24, 2.45) is 0 Å². The normalized spacial score (nSPS) is 12.0. The van der Waals surface area contributed by atoms with E-state index in [0.29, 0.717) is 0 Å². The van der Waals surface area contributed by atoms with Gasteiger partial charge in [0.25, 0.3) is 0 Å². The lowest BCUT2D eigenvalue weighted by Gasteiger charge is -2.18. The Hall–Kier alpha value is -2.63. The van der Waals surface area contributed by atoms with Gasteiger partial charge in [-0.25, -0.2) is 4.79 Å². The van der Waals surface area contributed by atoms with E-state index in [4.69, 9.17) is 10.8 Å². The molecule has 6 heteroatoms. The highest BCUT2D eigenvalue weighted by Gasteiger charge is 2.18. The fourth-order valence-corrected chi connectivity index (χ4v) is 1.88. The minimum absolute atomic E-state index is 0.114. The quantitative estimate of drug-likeness (QED) is 0.849. The number of anilines is 1. The lowest BCUT2D eigenvalue weighted by molar-refractivity contribution is -0.137. The molecule has 0 fully saturated rings. The van der Waals surface area contributed by atoms with Crippen LogP contribution >= 0.6 is 0 Å². The maximum atomic E-state index is 11.8. The second-order valence-electron chi connectivity index (χ2n) is 4.07. The highest BCUT2D eigenvalue weighted by molar-refractivity contribution is 5.68. The minimum Gasteiger partial charge on any atom is -0.481 e. The molecule has 98 valence electrons. The second kappa shape index (κ2) is 5.34. The summed E-state index contributed by atoms with van der Waals surface area (Å²) < 4.78 is 1.28. The molecule has 0 aliphatic carbocycles. The van der Waals surface area contributed by atoms with Crippen molar-refractivity contribution < 1.29 is 9.90 Å². The SMILES string of the molecule is Nc1ccn(C(CC(=O)O)c2ccccc2)c(=O)n1. The molecule has 1 aromatic carbocycles. The van der Waals surface area contributed by atoms with Gasteiger partial charge in [-0.05, 0) is 11.6 Å². The van der Waals surface area contributed by atoms with E-state index in [1.807, 2.05) is 6.07 Å². The minimum atomic E-state index is -0.988. The van der Waals surface area contributed by atoms with Crippen LogP contribution in [-0.4, -0.2) is 20.6 Å². The zero-order chi connectivity index (χ0) is 13.8. The number of nitrogens with zero attached hydrogens (tertiary/aromatic N) is 2. The number of nitrogens with two attached hydrogens (primary N) is 1.